The topological polar surface area (TPSA) is 38.0 Å². The molecule has 2 nitrogen and oxygen atoms in total. The first-order chi connectivity index (χ1) is 6.78. The molecule has 1 fully saturated rings. The Morgan fingerprint density at radius 2 is 2.36 bits per heavy atom. The van der Waals surface area contributed by atoms with Crippen LogP contribution in [-0.4, -0.2) is 6.04 Å². The summed E-state index contributed by atoms with van der Waals surface area (Å²) in [5, 5.41) is 0. The molecule has 1 aliphatic carbocycles. The highest BCUT2D eigenvalue weighted by molar-refractivity contribution is 9.11. The number of hydrazine groups is 1. The maximum atomic E-state index is 5.55. The number of nitrogens with two attached hydrogens (primary N) is 1. The fraction of sp³-hybridized carbons (Fsp3) is 0.600. The molecule has 0 aromatic carbocycles. The normalized spacial score (nSPS) is 18.4. The molecule has 1 unspecified atom stereocenters. The predicted octanol–water partition coefficient (Wildman–Crippen LogP) is 2.69. The van der Waals surface area contributed by atoms with Crippen LogP contribution in [0.2, 0.25) is 0 Å². The summed E-state index contributed by atoms with van der Waals surface area (Å²) in [4.78, 5) is 1.40. The van der Waals surface area contributed by atoms with Crippen molar-refractivity contribution in [3.63, 3.8) is 0 Å². The van der Waals surface area contributed by atoms with Crippen molar-refractivity contribution in [3.8, 4) is 0 Å². The van der Waals surface area contributed by atoms with Gasteiger partial charge in [-0.05, 0) is 46.8 Å². The third-order valence-electron chi connectivity index (χ3n) is 2.63. The van der Waals surface area contributed by atoms with Crippen LogP contribution in [0.25, 0.3) is 0 Å². The van der Waals surface area contributed by atoms with Gasteiger partial charge in [0.2, 0.25) is 0 Å². The lowest BCUT2D eigenvalue weighted by Gasteiger charge is -2.13. The maximum absolute atomic E-state index is 5.55. The molecule has 1 aliphatic rings. The van der Waals surface area contributed by atoms with Crippen LogP contribution in [0.1, 0.15) is 24.1 Å². The van der Waals surface area contributed by atoms with Crippen molar-refractivity contribution in [1.29, 1.82) is 0 Å². The van der Waals surface area contributed by atoms with Crippen LogP contribution in [0.5, 0.6) is 0 Å². The molecular formula is C10H15BrN2S. The summed E-state index contributed by atoms with van der Waals surface area (Å²) in [5.41, 5.74) is 2.92. The second kappa shape index (κ2) is 4.75. The zero-order valence-electron chi connectivity index (χ0n) is 8.00. The summed E-state index contributed by atoms with van der Waals surface area (Å²) < 4.78 is 1.20. The lowest BCUT2D eigenvalue weighted by Crippen LogP contribution is -2.36. The second-order valence-electron chi connectivity index (χ2n) is 3.95. The molecule has 1 heterocycles. The summed E-state index contributed by atoms with van der Waals surface area (Å²) in [6, 6.07) is 4.73. The van der Waals surface area contributed by atoms with Crippen molar-refractivity contribution in [1.82, 2.24) is 5.43 Å². The largest absolute Gasteiger partial charge is 0.271 e. The van der Waals surface area contributed by atoms with Crippen molar-refractivity contribution in [2.45, 2.75) is 31.7 Å². The third kappa shape index (κ3) is 3.05. The van der Waals surface area contributed by atoms with Crippen LogP contribution in [-0.2, 0) is 6.42 Å². The summed E-state index contributed by atoms with van der Waals surface area (Å²) >= 11 is 5.27. The zero-order valence-corrected chi connectivity index (χ0v) is 10.4. The van der Waals surface area contributed by atoms with E-state index in [0.29, 0.717) is 6.04 Å². The lowest BCUT2D eigenvalue weighted by molar-refractivity contribution is 0.468. The SMILES string of the molecule is NNC(Cc1ccc(Br)s1)CC1CC1. The Bertz CT molecular complexity index is 296. The van der Waals surface area contributed by atoms with Crippen LogP contribution >= 0.6 is 27.3 Å². The minimum atomic E-state index is 0.452. The van der Waals surface area contributed by atoms with E-state index in [0.717, 1.165) is 12.3 Å². The molecule has 0 bridgehead atoms. The molecule has 2 rings (SSSR count). The molecule has 14 heavy (non-hydrogen) atoms. The van der Waals surface area contributed by atoms with Gasteiger partial charge in [0.1, 0.15) is 0 Å². The van der Waals surface area contributed by atoms with Gasteiger partial charge in [0.25, 0.3) is 0 Å². The van der Waals surface area contributed by atoms with E-state index in [1.807, 2.05) is 0 Å². The van der Waals surface area contributed by atoms with Crippen LogP contribution < -0.4 is 11.3 Å². The fourth-order valence-corrected chi connectivity index (χ4v) is 3.23. The summed E-state index contributed by atoms with van der Waals surface area (Å²) in [7, 11) is 0. The van der Waals surface area contributed by atoms with Gasteiger partial charge in [0.15, 0.2) is 0 Å². The van der Waals surface area contributed by atoms with Crippen molar-refractivity contribution in [2.75, 3.05) is 0 Å². The van der Waals surface area contributed by atoms with Crippen LogP contribution in [0, 0.1) is 5.92 Å². The van der Waals surface area contributed by atoms with Gasteiger partial charge in [-0.3, -0.25) is 11.3 Å². The second-order valence-corrected chi connectivity index (χ2v) is 6.50. The van der Waals surface area contributed by atoms with Crippen molar-refractivity contribution < 1.29 is 0 Å². The monoisotopic (exact) mass is 274 g/mol. The molecule has 1 saturated carbocycles. The van der Waals surface area contributed by atoms with E-state index in [1.54, 1.807) is 11.3 Å². The number of hydrogen-bond acceptors (Lipinski definition) is 3. The molecule has 0 amide bonds. The van der Waals surface area contributed by atoms with E-state index in [4.69, 9.17) is 5.84 Å². The first kappa shape index (κ1) is 10.6. The van der Waals surface area contributed by atoms with E-state index >= 15 is 0 Å². The molecule has 0 radical (unpaired) electrons. The van der Waals surface area contributed by atoms with Gasteiger partial charge >= 0.3 is 0 Å². The molecule has 0 aliphatic heterocycles. The maximum Gasteiger partial charge on any atom is 0.0701 e. The van der Waals surface area contributed by atoms with Gasteiger partial charge in [-0.2, -0.15) is 0 Å². The zero-order chi connectivity index (χ0) is 9.97. The molecule has 0 saturated heterocycles. The van der Waals surface area contributed by atoms with Gasteiger partial charge in [0, 0.05) is 10.9 Å². The Balaban J connectivity index is 1.86. The Kier molecular flexibility index (Phi) is 3.60. The Morgan fingerprint density at radius 1 is 1.57 bits per heavy atom. The van der Waals surface area contributed by atoms with Crippen molar-refractivity contribution in [3.05, 3.63) is 20.8 Å². The highest BCUT2D eigenvalue weighted by Crippen LogP contribution is 2.34. The van der Waals surface area contributed by atoms with Gasteiger partial charge in [-0.15, -0.1) is 11.3 Å². The van der Waals surface area contributed by atoms with Gasteiger partial charge < -0.3 is 0 Å². The van der Waals surface area contributed by atoms with E-state index in [9.17, 15) is 0 Å². The number of hydrogen-bond donors (Lipinski definition) is 2. The molecular weight excluding hydrogens is 260 g/mol. The number of nitrogens with one attached hydrogen (secondary N) is 1. The van der Waals surface area contributed by atoms with E-state index < -0.39 is 0 Å². The van der Waals surface area contributed by atoms with E-state index in [2.05, 4.69) is 33.5 Å². The standard InChI is InChI=1S/C10H15BrN2S/c11-10-4-3-9(14-10)6-8(13-12)5-7-1-2-7/h3-4,7-8,13H,1-2,5-6,12H2. The highest BCUT2D eigenvalue weighted by atomic mass is 79.9. The smallest absolute Gasteiger partial charge is 0.0701 e. The average molecular weight is 275 g/mol. The fourth-order valence-electron chi connectivity index (χ4n) is 1.67. The van der Waals surface area contributed by atoms with Crippen LogP contribution in [0.3, 0.4) is 0 Å². The highest BCUT2D eigenvalue weighted by Gasteiger charge is 2.25. The molecule has 0 spiro atoms. The van der Waals surface area contributed by atoms with E-state index in [-0.39, 0.29) is 0 Å². The lowest BCUT2D eigenvalue weighted by atomic mass is 10.1. The minimum Gasteiger partial charge on any atom is -0.271 e. The van der Waals surface area contributed by atoms with Gasteiger partial charge in [0.05, 0.1) is 3.79 Å². The Hall–Kier alpha value is 0.1000. The summed E-state index contributed by atoms with van der Waals surface area (Å²) in [5.74, 6) is 6.48. The Labute approximate surface area is 97.0 Å². The van der Waals surface area contributed by atoms with Crippen LogP contribution in [0.4, 0.5) is 0 Å². The van der Waals surface area contributed by atoms with Crippen LogP contribution in [0.15, 0.2) is 15.9 Å². The molecule has 4 heteroatoms. The molecule has 1 atom stereocenters. The Morgan fingerprint density at radius 3 is 2.86 bits per heavy atom. The number of halogens is 1. The first-order valence-electron chi connectivity index (χ1n) is 4.98. The van der Waals surface area contributed by atoms with Crippen molar-refractivity contribution >= 4 is 27.3 Å². The van der Waals surface area contributed by atoms with E-state index in [1.165, 1.54) is 27.9 Å². The molecule has 1 aromatic rings. The molecule has 3 N–H and O–H groups in total. The number of thiophene rings is 1. The average Bonchev–Trinajstić information content (AvgIpc) is 2.89. The quantitative estimate of drug-likeness (QED) is 0.640. The summed E-state index contributed by atoms with van der Waals surface area (Å²) in [6.07, 6.45) is 5.08. The van der Waals surface area contributed by atoms with Crippen molar-refractivity contribution in [2.24, 2.45) is 11.8 Å². The summed E-state index contributed by atoms with van der Waals surface area (Å²) in [6.45, 7) is 0. The van der Waals surface area contributed by atoms with Gasteiger partial charge in [-0.1, -0.05) is 12.8 Å². The number of rotatable bonds is 5. The third-order valence-corrected chi connectivity index (χ3v) is 4.27. The molecule has 1 aromatic heterocycles. The predicted molar refractivity (Wildman–Crippen MR) is 64.2 cm³/mol. The first-order valence-corrected chi connectivity index (χ1v) is 6.59. The minimum absolute atomic E-state index is 0.452. The molecule has 78 valence electrons. The van der Waals surface area contributed by atoms with Gasteiger partial charge in [-0.25, -0.2) is 0 Å².